The Kier molecular flexibility index (Phi) is 5.57. The van der Waals surface area contributed by atoms with E-state index in [1.807, 2.05) is 0 Å². The maximum Gasteiger partial charge on any atom is 0.416 e. The summed E-state index contributed by atoms with van der Waals surface area (Å²) in [4.78, 5) is 22.1. The number of rotatable bonds is 5. The van der Waals surface area contributed by atoms with Crippen LogP contribution in [0.25, 0.3) is 0 Å². The summed E-state index contributed by atoms with van der Waals surface area (Å²) in [6.07, 6.45) is -3.98. The first-order valence-electron chi connectivity index (χ1n) is 6.20. The number of hydrogen-bond acceptors (Lipinski definition) is 2. The average molecular weight is 303 g/mol. The molecule has 0 spiro atoms. The Balaban J connectivity index is 2.42. The van der Waals surface area contributed by atoms with E-state index in [0.717, 1.165) is 12.1 Å². The number of urea groups is 1. The Morgan fingerprint density at radius 3 is 2.29 bits per heavy atom. The van der Waals surface area contributed by atoms with Crippen molar-refractivity contribution in [2.45, 2.75) is 25.6 Å². The molecule has 0 saturated carbocycles. The Bertz CT molecular complexity index is 500. The van der Waals surface area contributed by atoms with Gasteiger partial charge in [0.2, 0.25) is 5.91 Å². The molecule has 0 saturated heterocycles. The van der Waals surface area contributed by atoms with Gasteiger partial charge in [0.15, 0.2) is 0 Å². The molecule has 0 heterocycles. The van der Waals surface area contributed by atoms with Gasteiger partial charge in [-0.2, -0.15) is 13.2 Å². The second-order valence-corrected chi connectivity index (χ2v) is 4.47. The number of primary amides is 1. The van der Waals surface area contributed by atoms with Crippen LogP contribution in [0.4, 0.5) is 18.0 Å². The second kappa shape index (κ2) is 6.96. The number of amides is 3. The molecular weight excluding hydrogens is 287 g/mol. The highest BCUT2D eigenvalue weighted by Crippen LogP contribution is 2.29. The van der Waals surface area contributed by atoms with Crippen LogP contribution in [-0.2, 0) is 17.4 Å². The van der Waals surface area contributed by atoms with Crippen LogP contribution in [-0.4, -0.2) is 24.5 Å². The Labute approximate surface area is 119 Å². The van der Waals surface area contributed by atoms with Gasteiger partial charge in [0.05, 0.1) is 5.56 Å². The molecule has 0 aliphatic heterocycles. The third-order valence-corrected chi connectivity index (χ3v) is 2.75. The molecule has 1 rings (SSSR count). The van der Waals surface area contributed by atoms with Crippen LogP contribution in [0.1, 0.15) is 18.1 Å². The van der Waals surface area contributed by atoms with E-state index in [1.54, 1.807) is 0 Å². The fourth-order valence-corrected chi connectivity index (χ4v) is 1.62. The number of benzene rings is 1. The summed E-state index contributed by atoms with van der Waals surface area (Å²) in [7, 11) is 0. The van der Waals surface area contributed by atoms with Gasteiger partial charge < -0.3 is 16.4 Å². The van der Waals surface area contributed by atoms with E-state index in [1.165, 1.54) is 19.1 Å². The predicted molar refractivity (Wildman–Crippen MR) is 70.3 cm³/mol. The number of nitrogens with two attached hydrogens (primary N) is 1. The molecule has 1 aromatic carbocycles. The largest absolute Gasteiger partial charge is 0.416 e. The van der Waals surface area contributed by atoms with E-state index in [4.69, 9.17) is 5.73 Å². The minimum atomic E-state index is -4.36. The molecule has 1 aromatic rings. The zero-order chi connectivity index (χ0) is 16.0. The lowest BCUT2D eigenvalue weighted by Crippen LogP contribution is -2.47. The number of alkyl halides is 3. The van der Waals surface area contributed by atoms with Crippen molar-refractivity contribution in [2.75, 3.05) is 6.54 Å². The normalized spacial score (nSPS) is 12.6. The molecule has 4 N–H and O–H groups in total. The summed E-state index contributed by atoms with van der Waals surface area (Å²) in [5.74, 6) is -0.416. The molecule has 5 nitrogen and oxygen atoms in total. The number of nitrogens with one attached hydrogen (secondary N) is 2. The summed E-state index contributed by atoms with van der Waals surface area (Å²) in [6, 6.07) is 3.14. The molecule has 1 atom stereocenters. The lowest BCUT2D eigenvalue weighted by atomic mass is 10.1. The van der Waals surface area contributed by atoms with E-state index in [9.17, 15) is 22.8 Å². The second-order valence-electron chi connectivity index (χ2n) is 4.47. The Morgan fingerprint density at radius 2 is 1.81 bits per heavy atom. The Hall–Kier alpha value is -2.25. The third-order valence-electron chi connectivity index (χ3n) is 2.75. The molecule has 0 aliphatic rings. The molecule has 0 unspecified atom stereocenters. The van der Waals surface area contributed by atoms with Crippen LogP contribution in [0.3, 0.4) is 0 Å². The monoisotopic (exact) mass is 303 g/mol. The first kappa shape index (κ1) is 16.8. The molecule has 0 fully saturated rings. The van der Waals surface area contributed by atoms with Gasteiger partial charge in [-0.15, -0.1) is 0 Å². The highest BCUT2D eigenvalue weighted by molar-refractivity contribution is 5.86. The van der Waals surface area contributed by atoms with Crippen molar-refractivity contribution in [3.8, 4) is 0 Å². The number of halogens is 3. The van der Waals surface area contributed by atoms with Crippen LogP contribution in [0.5, 0.6) is 0 Å². The number of carbonyl (C=O) groups excluding carboxylic acids is 2. The summed E-state index contributed by atoms with van der Waals surface area (Å²) in [6.45, 7) is 1.72. The van der Waals surface area contributed by atoms with E-state index in [0.29, 0.717) is 12.0 Å². The van der Waals surface area contributed by atoms with Crippen molar-refractivity contribution in [2.24, 2.45) is 5.73 Å². The van der Waals surface area contributed by atoms with Crippen molar-refractivity contribution < 1.29 is 22.8 Å². The van der Waals surface area contributed by atoms with Crippen molar-refractivity contribution in [1.82, 2.24) is 10.6 Å². The molecule has 116 valence electrons. The number of carbonyl (C=O) groups is 2. The van der Waals surface area contributed by atoms with Gasteiger partial charge in [0.1, 0.15) is 6.04 Å². The van der Waals surface area contributed by atoms with Crippen LogP contribution < -0.4 is 16.4 Å². The van der Waals surface area contributed by atoms with E-state index < -0.39 is 29.7 Å². The van der Waals surface area contributed by atoms with Gasteiger partial charge in [0, 0.05) is 6.54 Å². The van der Waals surface area contributed by atoms with Crippen molar-refractivity contribution >= 4 is 11.9 Å². The standard InChI is InChI=1S/C13H16F3N3O2/c1-8(19-12(17)21)11(20)18-7-6-9-2-4-10(5-3-9)13(14,15)16/h2-5,8H,6-7H2,1H3,(H,18,20)(H3,17,19,21)/t8-/m1/s1. The average Bonchev–Trinajstić information content (AvgIpc) is 2.37. The van der Waals surface area contributed by atoms with Crippen LogP contribution in [0.15, 0.2) is 24.3 Å². The first-order chi connectivity index (χ1) is 9.70. The summed E-state index contributed by atoms with van der Waals surface area (Å²) in [5.41, 5.74) is 4.83. The third kappa shape index (κ3) is 5.72. The maximum absolute atomic E-state index is 12.4. The molecular formula is C13H16F3N3O2. The minimum absolute atomic E-state index is 0.245. The molecule has 3 amide bonds. The highest BCUT2D eigenvalue weighted by atomic mass is 19.4. The van der Waals surface area contributed by atoms with E-state index in [2.05, 4.69) is 10.6 Å². The SMILES string of the molecule is C[C@@H](NC(N)=O)C(=O)NCCc1ccc(C(F)(F)F)cc1. The van der Waals surface area contributed by atoms with Crippen LogP contribution in [0, 0.1) is 0 Å². The lowest BCUT2D eigenvalue weighted by molar-refractivity contribution is -0.137. The van der Waals surface area contributed by atoms with Crippen molar-refractivity contribution in [1.29, 1.82) is 0 Å². The fraction of sp³-hybridized carbons (Fsp3) is 0.385. The smallest absolute Gasteiger partial charge is 0.354 e. The van der Waals surface area contributed by atoms with Gasteiger partial charge in [-0.25, -0.2) is 4.79 Å². The van der Waals surface area contributed by atoms with Crippen LogP contribution in [0.2, 0.25) is 0 Å². The van der Waals surface area contributed by atoms with Gasteiger partial charge in [-0.1, -0.05) is 12.1 Å². The molecule has 0 aliphatic carbocycles. The summed E-state index contributed by atoms with van der Waals surface area (Å²) in [5, 5.41) is 4.77. The van der Waals surface area contributed by atoms with Crippen molar-refractivity contribution in [3.05, 3.63) is 35.4 Å². The topological polar surface area (TPSA) is 84.2 Å². The zero-order valence-corrected chi connectivity index (χ0v) is 11.3. The van der Waals surface area contributed by atoms with Gasteiger partial charge in [-0.05, 0) is 31.0 Å². The molecule has 0 bridgehead atoms. The van der Waals surface area contributed by atoms with Crippen molar-refractivity contribution in [3.63, 3.8) is 0 Å². The zero-order valence-electron chi connectivity index (χ0n) is 11.3. The van der Waals surface area contributed by atoms with E-state index in [-0.39, 0.29) is 6.54 Å². The molecule has 0 aromatic heterocycles. The number of hydrogen-bond donors (Lipinski definition) is 3. The minimum Gasteiger partial charge on any atom is -0.354 e. The summed E-state index contributed by atoms with van der Waals surface area (Å²) >= 11 is 0. The van der Waals surface area contributed by atoms with Gasteiger partial charge in [-0.3, -0.25) is 4.79 Å². The molecule has 0 radical (unpaired) electrons. The molecule has 21 heavy (non-hydrogen) atoms. The Morgan fingerprint density at radius 1 is 1.24 bits per heavy atom. The lowest BCUT2D eigenvalue weighted by Gasteiger charge is -2.12. The van der Waals surface area contributed by atoms with E-state index >= 15 is 0 Å². The summed E-state index contributed by atoms with van der Waals surface area (Å²) < 4.78 is 37.1. The van der Waals surface area contributed by atoms with Crippen LogP contribution >= 0.6 is 0 Å². The highest BCUT2D eigenvalue weighted by Gasteiger charge is 2.29. The van der Waals surface area contributed by atoms with Gasteiger partial charge in [0.25, 0.3) is 0 Å². The quantitative estimate of drug-likeness (QED) is 0.768. The predicted octanol–water partition coefficient (Wildman–Crippen LogP) is 1.42. The maximum atomic E-state index is 12.4. The fourth-order valence-electron chi connectivity index (χ4n) is 1.62. The first-order valence-corrected chi connectivity index (χ1v) is 6.20. The van der Waals surface area contributed by atoms with Gasteiger partial charge >= 0.3 is 12.2 Å². The molecule has 8 heteroatoms.